The molecule has 0 aromatic heterocycles. The minimum Gasteiger partial charge on any atom is -0.285 e. The average molecular weight is 200 g/mol. The molecule has 0 spiro atoms. The summed E-state index contributed by atoms with van der Waals surface area (Å²) in [5.74, 6) is 0. The fourth-order valence-corrected chi connectivity index (χ4v) is 1.42. The van der Waals surface area contributed by atoms with E-state index in [4.69, 9.17) is 4.55 Å². The van der Waals surface area contributed by atoms with E-state index >= 15 is 0 Å². The van der Waals surface area contributed by atoms with Crippen LogP contribution in [0.3, 0.4) is 0 Å². The second-order valence-electron chi connectivity index (χ2n) is 3.35. The number of benzene rings is 1. The average Bonchev–Trinajstić information content (AvgIpc) is 2.04. The largest absolute Gasteiger partial charge is 0.285 e. The Bertz CT molecular complexity index is 379. The van der Waals surface area contributed by atoms with Crippen LogP contribution in [0.2, 0.25) is 0 Å². The maximum absolute atomic E-state index is 11.0. The molecule has 0 fully saturated rings. The van der Waals surface area contributed by atoms with Gasteiger partial charge in [0.2, 0.25) is 0 Å². The van der Waals surface area contributed by atoms with Gasteiger partial charge in [-0.05, 0) is 19.4 Å². The zero-order chi connectivity index (χ0) is 10.1. The second-order valence-corrected chi connectivity index (χ2v) is 5.32. The Hall–Kier alpha value is -0.870. The molecule has 1 aromatic carbocycles. The van der Waals surface area contributed by atoms with Crippen molar-refractivity contribution >= 4 is 10.1 Å². The maximum Gasteiger partial charge on any atom is 0.274 e. The molecule has 0 unspecified atom stereocenters. The van der Waals surface area contributed by atoms with E-state index in [1.807, 2.05) is 0 Å². The number of hydrogen-bond acceptors (Lipinski definition) is 2. The maximum atomic E-state index is 11.0. The topological polar surface area (TPSA) is 54.4 Å². The standard InChI is InChI=1S/C9H12O3S/c1-9(2,13(10,11)12)8-6-4-3-5-7-8/h3-7H,1-2H3,(H,10,11,12). The smallest absolute Gasteiger partial charge is 0.274 e. The van der Waals surface area contributed by atoms with Crippen LogP contribution in [-0.2, 0) is 14.9 Å². The van der Waals surface area contributed by atoms with Gasteiger partial charge < -0.3 is 0 Å². The third-order valence-corrected chi connectivity index (χ3v) is 3.64. The molecule has 1 rings (SSSR count). The summed E-state index contributed by atoms with van der Waals surface area (Å²) in [5.41, 5.74) is 0.581. The van der Waals surface area contributed by atoms with Crippen LogP contribution in [0.25, 0.3) is 0 Å². The summed E-state index contributed by atoms with van der Waals surface area (Å²) in [4.78, 5) is 0. The van der Waals surface area contributed by atoms with Crippen molar-refractivity contribution < 1.29 is 13.0 Å². The van der Waals surface area contributed by atoms with Gasteiger partial charge in [0.15, 0.2) is 0 Å². The molecule has 13 heavy (non-hydrogen) atoms. The van der Waals surface area contributed by atoms with E-state index in [2.05, 4.69) is 0 Å². The monoisotopic (exact) mass is 200 g/mol. The van der Waals surface area contributed by atoms with Gasteiger partial charge in [0.1, 0.15) is 4.75 Å². The molecule has 1 N–H and O–H groups in total. The van der Waals surface area contributed by atoms with Crippen LogP contribution in [0.4, 0.5) is 0 Å². The second kappa shape index (κ2) is 3.12. The normalized spacial score (nSPS) is 12.8. The van der Waals surface area contributed by atoms with Gasteiger partial charge in [-0.25, -0.2) is 0 Å². The van der Waals surface area contributed by atoms with Gasteiger partial charge in [-0.1, -0.05) is 30.3 Å². The molecular formula is C9H12O3S. The van der Waals surface area contributed by atoms with Crippen molar-refractivity contribution in [2.24, 2.45) is 0 Å². The van der Waals surface area contributed by atoms with Crippen molar-refractivity contribution in [2.45, 2.75) is 18.6 Å². The first-order chi connectivity index (χ1) is 5.86. The SMILES string of the molecule is CC(C)(c1ccccc1)S(=O)(=O)O. The predicted molar refractivity (Wildman–Crippen MR) is 51.0 cm³/mol. The van der Waals surface area contributed by atoms with Gasteiger partial charge in [-0.15, -0.1) is 0 Å². The van der Waals surface area contributed by atoms with Crippen LogP contribution in [0.1, 0.15) is 19.4 Å². The lowest BCUT2D eigenvalue weighted by atomic mass is 10.0. The number of rotatable bonds is 2. The molecule has 0 saturated heterocycles. The summed E-state index contributed by atoms with van der Waals surface area (Å²) in [6.07, 6.45) is 0. The molecule has 0 saturated carbocycles. The first-order valence-electron chi connectivity index (χ1n) is 3.88. The molecule has 0 amide bonds. The van der Waals surface area contributed by atoms with E-state index in [1.165, 1.54) is 13.8 Å². The van der Waals surface area contributed by atoms with Crippen molar-refractivity contribution in [1.29, 1.82) is 0 Å². The molecule has 0 radical (unpaired) electrons. The molecule has 0 aliphatic rings. The summed E-state index contributed by atoms with van der Waals surface area (Å²) < 4.78 is 29.7. The van der Waals surface area contributed by atoms with E-state index in [0.717, 1.165) is 0 Å². The van der Waals surface area contributed by atoms with Crippen molar-refractivity contribution in [3.05, 3.63) is 35.9 Å². The molecule has 4 heteroatoms. The highest BCUT2D eigenvalue weighted by atomic mass is 32.2. The Labute approximate surface area is 78.2 Å². The van der Waals surface area contributed by atoms with Crippen LogP contribution in [0, 0.1) is 0 Å². The predicted octanol–water partition coefficient (Wildman–Crippen LogP) is 1.81. The van der Waals surface area contributed by atoms with Crippen LogP contribution >= 0.6 is 0 Å². The molecular weight excluding hydrogens is 188 g/mol. The molecule has 0 bridgehead atoms. The molecule has 0 aliphatic heterocycles. The van der Waals surface area contributed by atoms with Crippen LogP contribution in [0.15, 0.2) is 30.3 Å². The fourth-order valence-electron chi connectivity index (χ4n) is 0.988. The Morgan fingerprint density at radius 2 is 1.62 bits per heavy atom. The van der Waals surface area contributed by atoms with Gasteiger partial charge in [0.05, 0.1) is 0 Å². The lowest BCUT2D eigenvalue weighted by Gasteiger charge is -2.20. The Kier molecular flexibility index (Phi) is 2.45. The minimum absolute atomic E-state index is 0.581. The van der Waals surface area contributed by atoms with E-state index in [0.29, 0.717) is 5.56 Å². The zero-order valence-corrected chi connectivity index (χ0v) is 8.38. The number of hydrogen-bond donors (Lipinski definition) is 1. The van der Waals surface area contributed by atoms with E-state index < -0.39 is 14.9 Å². The molecule has 0 heterocycles. The van der Waals surface area contributed by atoms with Crippen molar-refractivity contribution in [1.82, 2.24) is 0 Å². The van der Waals surface area contributed by atoms with Crippen molar-refractivity contribution in [3.8, 4) is 0 Å². The van der Waals surface area contributed by atoms with Gasteiger partial charge in [0.25, 0.3) is 10.1 Å². The van der Waals surface area contributed by atoms with Gasteiger partial charge >= 0.3 is 0 Å². The highest BCUT2D eigenvalue weighted by molar-refractivity contribution is 7.86. The molecule has 0 aliphatic carbocycles. The first kappa shape index (κ1) is 10.2. The quantitative estimate of drug-likeness (QED) is 0.741. The summed E-state index contributed by atoms with van der Waals surface area (Å²) in [5, 5.41) is 0. The fraction of sp³-hybridized carbons (Fsp3) is 0.333. The van der Waals surface area contributed by atoms with E-state index in [1.54, 1.807) is 30.3 Å². The third kappa shape index (κ3) is 1.89. The molecule has 1 aromatic rings. The van der Waals surface area contributed by atoms with Gasteiger partial charge in [-0.2, -0.15) is 8.42 Å². The summed E-state index contributed by atoms with van der Waals surface area (Å²) in [6.45, 7) is 2.94. The van der Waals surface area contributed by atoms with Gasteiger partial charge in [-0.3, -0.25) is 4.55 Å². The Morgan fingerprint density at radius 3 is 2.00 bits per heavy atom. The van der Waals surface area contributed by atoms with Gasteiger partial charge in [0, 0.05) is 0 Å². The van der Waals surface area contributed by atoms with E-state index in [-0.39, 0.29) is 0 Å². The molecule has 0 atom stereocenters. The van der Waals surface area contributed by atoms with Crippen LogP contribution in [0.5, 0.6) is 0 Å². The van der Waals surface area contributed by atoms with Crippen LogP contribution in [-0.4, -0.2) is 13.0 Å². The zero-order valence-electron chi connectivity index (χ0n) is 7.56. The summed E-state index contributed by atoms with van der Waals surface area (Å²) >= 11 is 0. The van der Waals surface area contributed by atoms with Crippen LogP contribution < -0.4 is 0 Å². The lowest BCUT2D eigenvalue weighted by molar-refractivity contribution is 0.445. The Balaban J connectivity index is 3.24. The summed E-state index contributed by atoms with van der Waals surface area (Å²) in [7, 11) is -4.06. The van der Waals surface area contributed by atoms with Crippen molar-refractivity contribution in [3.63, 3.8) is 0 Å². The highest BCUT2D eigenvalue weighted by Crippen LogP contribution is 2.27. The highest BCUT2D eigenvalue weighted by Gasteiger charge is 2.34. The third-order valence-electron chi connectivity index (χ3n) is 2.11. The first-order valence-corrected chi connectivity index (χ1v) is 5.32. The molecule has 3 nitrogen and oxygen atoms in total. The lowest BCUT2D eigenvalue weighted by Crippen LogP contribution is -2.28. The molecule has 72 valence electrons. The summed E-state index contributed by atoms with van der Waals surface area (Å²) in [6, 6.07) is 8.62. The Morgan fingerprint density at radius 1 is 1.15 bits per heavy atom. The van der Waals surface area contributed by atoms with Crippen molar-refractivity contribution in [2.75, 3.05) is 0 Å². The minimum atomic E-state index is -4.06. The van der Waals surface area contributed by atoms with E-state index in [9.17, 15) is 8.42 Å².